The van der Waals surface area contributed by atoms with Crippen molar-refractivity contribution in [3.63, 3.8) is 0 Å². The smallest absolute Gasteiger partial charge is 0.232 e. The van der Waals surface area contributed by atoms with Gasteiger partial charge in [0.05, 0.1) is 11.0 Å². The maximum Gasteiger partial charge on any atom is 0.232 e. The second-order valence-corrected chi connectivity index (χ2v) is 5.94. The number of aliphatic imine (C=N–C) groups is 2. The zero-order chi connectivity index (χ0) is 15.8. The van der Waals surface area contributed by atoms with Gasteiger partial charge in [-0.15, -0.1) is 11.8 Å². The average molecular weight is 297 g/mol. The standard InChI is InChI=1S/C15H27N3OS/c1-8-12(2)18(6)14(19)15(3,4)13(9-16-5)10-17-11-20-7/h9-12H,8H2,1-7H3/b13-10+,16-9?,17-11?. The van der Waals surface area contributed by atoms with Crippen LogP contribution in [-0.4, -0.2) is 49.0 Å². The lowest BCUT2D eigenvalue weighted by molar-refractivity contribution is -0.138. The largest absolute Gasteiger partial charge is 0.342 e. The number of amides is 1. The van der Waals surface area contributed by atoms with Crippen LogP contribution >= 0.6 is 11.8 Å². The third-order valence-electron chi connectivity index (χ3n) is 3.48. The summed E-state index contributed by atoms with van der Waals surface area (Å²) in [5.41, 5.74) is 1.90. The highest BCUT2D eigenvalue weighted by Crippen LogP contribution is 2.28. The fourth-order valence-corrected chi connectivity index (χ4v) is 1.89. The van der Waals surface area contributed by atoms with Gasteiger partial charge >= 0.3 is 0 Å². The maximum absolute atomic E-state index is 12.7. The second kappa shape index (κ2) is 8.95. The Morgan fingerprint density at radius 3 is 2.50 bits per heavy atom. The average Bonchev–Trinajstić information content (AvgIpc) is 2.43. The van der Waals surface area contributed by atoms with Crippen LogP contribution in [0.2, 0.25) is 0 Å². The fraction of sp³-hybridized carbons (Fsp3) is 0.667. The van der Waals surface area contributed by atoms with E-state index in [9.17, 15) is 4.79 Å². The summed E-state index contributed by atoms with van der Waals surface area (Å²) >= 11 is 1.52. The SMILES string of the molecule is CCC(C)N(C)C(=O)C(C)(C)/C(C=NC)=C/N=CSC. The minimum atomic E-state index is -0.645. The molecular weight excluding hydrogens is 270 g/mol. The molecular formula is C15H27N3OS. The summed E-state index contributed by atoms with van der Waals surface area (Å²) in [7, 11) is 3.55. The summed E-state index contributed by atoms with van der Waals surface area (Å²) in [6.45, 7) is 7.96. The number of carbonyl (C=O) groups is 1. The molecule has 0 aromatic heterocycles. The normalized spacial score (nSPS) is 15.1. The molecule has 0 aliphatic carbocycles. The Balaban J connectivity index is 5.37. The first-order valence-electron chi connectivity index (χ1n) is 6.77. The van der Waals surface area contributed by atoms with E-state index >= 15 is 0 Å². The van der Waals surface area contributed by atoms with E-state index in [1.807, 2.05) is 27.2 Å². The Labute approximate surface area is 127 Å². The summed E-state index contributed by atoms with van der Waals surface area (Å²) in [6, 6.07) is 0.219. The van der Waals surface area contributed by atoms with Crippen LogP contribution in [0.5, 0.6) is 0 Å². The quantitative estimate of drug-likeness (QED) is 0.535. The molecule has 0 radical (unpaired) electrons. The number of nitrogens with zero attached hydrogens (tertiary/aromatic N) is 3. The lowest BCUT2D eigenvalue weighted by Gasteiger charge is -2.33. The number of hydrogen-bond donors (Lipinski definition) is 0. The minimum Gasteiger partial charge on any atom is -0.342 e. The Hall–Kier alpha value is -1.10. The van der Waals surface area contributed by atoms with Gasteiger partial charge in [-0.1, -0.05) is 6.92 Å². The van der Waals surface area contributed by atoms with E-state index in [0.29, 0.717) is 0 Å². The Morgan fingerprint density at radius 1 is 1.45 bits per heavy atom. The van der Waals surface area contributed by atoms with Gasteiger partial charge in [0.1, 0.15) is 0 Å². The van der Waals surface area contributed by atoms with Crippen LogP contribution in [0, 0.1) is 5.41 Å². The predicted molar refractivity (Wildman–Crippen MR) is 90.8 cm³/mol. The Bertz CT molecular complexity index is 400. The van der Waals surface area contributed by atoms with Crippen LogP contribution in [0.15, 0.2) is 21.8 Å². The molecule has 0 heterocycles. The van der Waals surface area contributed by atoms with Crippen LogP contribution < -0.4 is 0 Å². The molecule has 0 saturated heterocycles. The molecule has 0 bridgehead atoms. The molecule has 1 unspecified atom stereocenters. The van der Waals surface area contributed by atoms with Crippen LogP contribution in [0.25, 0.3) is 0 Å². The molecule has 1 atom stereocenters. The summed E-state index contributed by atoms with van der Waals surface area (Å²) in [5.74, 6) is 0.0809. The van der Waals surface area contributed by atoms with Crippen molar-refractivity contribution >= 4 is 29.4 Å². The van der Waals surface area contributed by atoms with Crippen molar-refractivity contribution in [3.8, 4) is 0 Å². The lowest BCUT2D eigenvalue weighted by Crippen LogP contribution is -2.44. The number of rotatable bonds is 7. The zero-order valence-electron chi connectivity index (χ0n) is 13.7. The molecule has 0 spiro atoms. The van der Waals surface area contributed by atoms with Crippen molar-refractivity contribution in [2.24, 2.45) is 15.4 Å². The third-order valence-corrected chi connectivity index (χ3v) is 3.81. The van der Waals surface area contributed by atoms with E-state index in [0.717, 1.165) is 12.0 Å². The van der Waals surface area contributed by atoms with Crippen molar-refractivity contribution in [2.75, 3.05) is 20.4 Å². The molecule has 0 aromatic carbocycles. The van der Waals surface area contributed by atoms with Gasteiger partial charge < -0.3 is 4.90 Å². The molecule has 4 nitrogen and oxygen atoms in total. The van der Waals surface area contributed by atoms with E-state index in [1.165, 1.54) is 11.8 Å². The molecule has 1 amide bonds. The molecule has 0 saturated carbocycles. The predicted octanol–water partition coefficient (Wildman–Crippen LogP) is 3.25. The Morgan fingerprint density at radius 2 is 2.05 bits per heavy atom. The van der Waals surface area contributed by atoms with Gasteiger partial charge in [0.25, 0.3) is 0 Å². The summed E-state index contributed by atoms with van der Waals surface area (Å²) in [5, 5.41) is 0. The van der Waals surface area contributed by atoms with Gasteiger partial charge in [-0.05, 0) is 33.4 Å². The van der Waals surface area contributed by atoms with Crippen molar-refractivity contribution < 1.29 is 4.79 Å². The monoisotopic (exact) mass is 297 g/mol. The molecule has 5 heteroatoms. The highest BCUT2D eigenvalue weighted by Gasteiger charge is 2.34. The number of hydrogen-bond acceptors (Lipinski definition) is 4. The summed E-state index contributed by atoms with van der Waals surface area (Å²) < 4.78 is 0. The number of carbonyl (C=O) groups excluding carboxylic acids is 1. The van der Waals surface area contributed by atoms with Crippen molar-refractivity contribution in [3.05, 3.63) is 11.8 Å². The second-order valence-electron chi connectivity index (χ2n) is 5.26. The molecule has 0 aliphatic heterocycles. The fourth-order valence-electron chi connectivity index (χ4n) is 1.71. The topological polar surface area (TPSA) is 45.0 Å². The first-order chi connectivity index (χ1) is 9.32. The highest BCUT2D eigenvalue weighted by atomic mass is 32.2. The van der Waals surface area contributed by atoms with E-state index in [2.05, 4.69) is 23.8 Å². The third kappa shape index (κ3) is 5.12. The molecule has 0 aromatic rings. The molecule has 20 heavy (non-hydrogen) atoms. The van der Waals surface area contributed by atoms with E-state index in [4.69, 9.17) is 0 Å². The van der Waals surface area contributed by atoms with Crippen molar-refractivity contribution in [1.82, 2.24) is 4.90 Å². The van der Waals surface area contributed by atoms with Gasteiger partial charge in [0.2, 0.25) is 5.91 Å². The van der Waals surface area contributed by atoms with Crippen LogP contribution in [-0.2, 0) is 4.79 Å². The zero-order valence-corrected chi connectivity index (χ0v) is 14.5. The van der Waals surface area contributed by atoms with E-state index < -0.39 is 5.41 Å². The van der Waals surface area contributed by atoms with Crippen LogP contribution in [0.4, 0.5) is 0 Å². The molecule has 114 valence electrons. The van der Waals surface area contributed by atoms with Gasteiger partial charge in [-0.25, -0.2) is 0 Å². The molecule has 0 N–H and O–H groups in total. The van der Waals surface area contributed by atoms with Crippen molar-refractivity contribution in [2.45, 2.75) is 40.2 Å². The minimum absolute atomic E-state index is 0.0809. The molecule has 0 rings (SSSR count). The van der Waals surface area contributed by atoms with Gasteiger partial charge in [-0.3, -0.25) is 14.8 Å². The van der Waals surface area contributed by atoms with Crippen molar-refractivity contribution in [1.29, 1.82) is 0 Å². The molecule has 0 fully saturated rings. The number of thioether (sulfide) groups is 1. The van der Waals surface area contributed by atoms with Crippen LogP contribution in [0.3, 0.4) is 0 Å². The maximum atomic E-state index is 12.7. The Kier molecular flexibility index (Phi) is 8.46. The van der Waals surface area contributed by atoms with Gasteiger partial charge in [0.15, 0.2) is 0 Å². The van der Waals surface area contributed by atoms with E-state index in [1.54, 1.807) is 29.9 Å². The summed E-state index contributed by atoms with van der Waals surface area (Å²) in [6.07, 6.45) is 6.30. The van der Waals surface area contributed by atoms with Crippen LogP contribution in [0.1, 0.15) is 34.1 Å². The van der Waals surface area contributed by atoms with Gasteiger partial charge in [0, 0.05) is 38.1 Å². The lowest BCUT2D eigenvalue weighted by atomic mass is 9.83. The first-order valence-corrected chi connectivity index (χ1v) is 8.06. The first kappa shape index (κ1) is 18.9. The molecule has 0 aliphatic rings. The summed E-state index contributed by atoms with van der Waals surface area (Å²) in [4.78, 5) is 22.7. The van der Waals surface area contributed by atoms with Gasteiger partial charge in [-0.2, -0.15) is 0 Å². The highest BCUT2D eigenvalue weighted by molar-refractivity contribution is 8.11. The van der Waals surface area contributed by atoms with E-state index in [-0.39, 0.29) is 11.9 Å².